The first-order valence-corrected chi connectivity index (χ1v) is 8.19. The molecule has 0 bridgehead atoms. The van der Waals surface area contributed by atoms with Gasteiger partial charge in [0, 0.05) is 13.6 Å². The summed E-state index contributed by atoms with van der Waals surface area (Å²) in [6, 6.07) is 21.1. The standard InChI is InChI=1S/C21H21NO3/c1-16-8-10-17(11-9-16)14-22(2)21(23)20-13-12-19(25-20)15-24-18-6-4-3-5-7-18/h3-13H,14-15H2,1-2H3. The third-order valence-electron chi connectivity index (χ3n) is 3.88. The van der Waals surface area contributed by atoms with E-state index in [2.05, 4.69) is 0 Å². The largest absolute Gasteiger partial charge is 0.486 e. The van der Waals surface area contributed by atoms with Gasteiger partial charge < -0.3 is 14.1 Å². The van der Waals surface area contributed by atoms with Gasteiger partial charge in [0.05, 0.1) is 0 Å². The first-order valence-electron chi connectivity index (χ1n) is 8.19. The summed E-state index contributed by atoms with van der Waals surface area (Å²) >= 11 is 0. The molecule has 0 fully saturated rings. The van der Waals surface area contributed by atoms with Crippen LogP contribution in [-0.2, 0) is 13.2 Å². The summed E-state index contributed by atoms with van der Waals surface area (Å²) in [7, 11) is 1.77. The number of hydrogen-bond acceptors (Lipinski definition) is 3. The number of ether oxygens (including phenoxy) is 1. The number of amides is 1. The average Bonchev–Trinajstić information content (AvgIpc) is 3.11. The van der Waals surface area contributed by atoms with Gasteiger partial charge in [-0.2, -0.15) is 0 Å². The average molecular weight is 335 g/mol. The molecular weight excluding hydrogens is 314 g/mol. The molecule has 1 heterocycles. The Kier molecular flexibility index (Phi) is 5.19. The highest BCUT2D eigenvalue weighted by atomic mass is 16.5. The molecule has 0 atom stereocenters. The van der Waals surface area contributed by atoms with E-state index >= 15 is 0 Å². The molecule has 3 aromatic rings. The van der Waals surface area contributed by atoms with Crippen LogP contribution in [0.25, 0.3) is 0 Å². The van der Waals surface area contributed by atoms with Gasteiger partial charge >= 0.3 is 0 Å². The monoisotopic (exact) mass is 335 g/mol. The van der Waals surface area contributed by atoms with Crippen LogP contribution < -0.4 is 4.74 Å². The summed E-state index contributed by atoms with van der Waals surface area (Å²) in [6.45, 7) is 2.87. The zero-order chi connectivity index (χ0) is 17.6. The summed E-state index contributed by atoms with van der Waals surface area (Å²) in [5, 5.41) is 0. The fourth-order valence-corrected chi connectivity index (χ4v) is 2.47. The van der Waals surface area contributed by atoms with Gasteiger partial charge in [0.2, 0.25) is 0 Å². The number of para-hydroxylation sites is 1. The molecular formula is C21H21NO3. The van der Waals surface area contributed by atoms with Gasteiger partial charge in [-0.15, -0.1) is 0 Å². The lowest BCUT2D eigenvalue weighted by Gasteiger charge is -2.16. The van der Waals surface area contributed by atoms with E-state index in [0.717, 1.165) is 11.3 Å². The lowest BCUT2D eigenvalue weighted by Crippen LogP contribution is -2.25. The van der Waals surface area contributed by atoms with Gasteiger partial charge in [0.1, 0.15) is 18.1 Å². The van der Waals surface area contributed by atoms with Crippen molar-refractivity contribution in [3.63, 3.8) is 0 Å². The van der Waals surface area contributed by atoms with Crippen LogP contribution >= 0.6 is 0 Å². The van der Waals surface area contributed by atoms with E-state index in [1.807, 2.05) is 61.5 Å². The van der Waals surface area contributed by atoms with Gasteiger partial charge in [0.25, 0.3) is 5.91 Å². The maximum atomic E-state index is 12.5. The highest BCUT2D eigenvalue weighted by molar-refractivity contribution is 5.91. The number of nitrogens with zero attached hydrogens (tertiary/aromatic N) is 1. The van der Waals surface area contributed by atoms with E-state index < -0.39 is 0 Å². The van der Waals surface area contributed by atoms with Crippen LogP contribution in [0.1, 0.15) is 27.4 Å². The number of aryl methyl sites for hydroxylation is 1. The van der Waals surface area contributed by atoms with Gasteiger partial charge in [-0.3, -0.25) is 4.79 Å². The van der Waals surface area contributed by atoms with E-state index in [9.17, 15) is 4.79 Å². The molecule has 3 rings (SSSR count). The molecule has 4 heteroatoms. The van der Waals surface area contributed by atoms with Gasteiger partial charge in [-0.25, -0.2) is 0 Å². The Balaban J connectivity index is 1.58. The molecule has 0 saturated carbocycles. The Morgan fingerprint density at radius 2 is 1.72 bits per heavy atom. The Morgan fingerprint density at radius 3 is 2.44 bits per heavy atom. The molecule has 0 aliphatic heterocycles. The van der Waals surface area contributed by atoms with E-state index in [0.29, 0.717) is 24.7 Å². The quantitative estimate of drug-likeness (QED) is 0.669. The molecule has 25 heavy (non-hydrogen) atoms. The maximum absolute atomic E-state index is 12.5. The molecule has 0 spiro atoms. The SMILES string of the molecule is Cc1ccc(CN(C)C(=O)c2ccc(COc3ccccc3)o2)cc1. The highest BCUT2D eigenvalue weighted by Crippen LogP contribution is 2.16. The minimum atomic E-state index is -0.147. The van der Waals surface area contributed by atoms with Crippen molar-refractivity contribution in [1.82, 2.24) is 4.90 Å². The van der Waals surface area contributed by atoms with Gasteiger partial charge in [0.15, 0.2) is 5.76 Å². The van der Waals surface area contributed by atoms with Crippen LogP contribution in [-0.4, -0.2) is 17.9 Å². The Bertz CT molecular complexity index is 822. The molecule has 128 valence electrons. The lowest BCUT2D eigenvalue weighted by atomic mass is 10.1. The minimum Gasteiger partial charge on any atom is -0.486 e. The summed E-state index contributed by atoms with van der Waals surface area (Å²) in [6.07, 6.45) is 0. The Hall–Kier alpha value is -3.01. The minimum absolute atomic E-state index is 0.147. The van der Waals surface area contributed by atoms with Crippen molar-refractivity contribution in [2.45, 2.75) is 20.1 Å². The first kappa shape index (κ1) is 16.8. The molecule has 2 aromatic carbocycles. The number of benzene rings is 2. The molecule has 0 radical (unpaired) electrons. The third-order valence-corrected chi connectivity index (χ3v) is 3.88. The van der Waals surface area contributed by atoms with Gasteiger partial charge in [-0.05, 0) is 36.8 Å². The highest BCUT2D eigenvalue weighted by Gasteiger charge is 2.16. The molecule has 1 amide bonds. The van der Waals surface area contributed by atoms with Crippen LogP contribution in [0.5, 0.6) is 5.75 Å². The number of rotatable bonds is 6. The molecule has 0 N–H and O–H groups in total. The normalized spacial score (nSPS) is 10.5. The van der Waals surface area contributed by atoms with Gasteiger partial charge in [-0.1, -0.05) is 48.0 Å². The van der Waals surface area contributed by atoms with Crippen molar-refractivity contribution in [3.8, 4) is 5.75 Å². The fourth-order valence-electron chi connectivity index (χ4n) is 2.47. The molecule has 4 nitrogen and oxygen atoms in total. The summed E-state index contributed by atoms with van der Waals surface area (Å²) < 4.78 is 11.3. The number of carbonyl (C=O) groups excluding carboxylic acids is 1. The zero-order valence-electron chi connectivity index (χ0n) is 14.4. The van der Waals surface area contributed by atoms with E-state index in [-0.39, 0.29) is 5.91 Å². The number of furan rings is 1. The zero-order valence-corrected chi connectivity index (χ0v) is 14.4. The first-order chi connectivity index (χ1) is 12.1. The van der Waals surface area contributed by atoms with Crippen LogP contribution in [0.3, 0.4) is 0 Å². The van der Waals surface area contributed by atoms with Crippen LogP contribution in [0.4, 0.5) is 0 Å². The Labute approximate surface area is 147 Å². The fraction of sp³-hybridized carbons (Fsp3) is 0.190. The van der Waals surface area contributed by atoms with E-state index in [1.54, 1.807) is 24.1 Å². The van der Waals surface area contributed by atoms with E-state index in [1.165, 1.54) is 5.56 Å². The topological polar surface area (TPSA) is 42.7 Å². The molecule has 0 aliphatic rings. The summed E-state index contributed by atoms with van der Waals surface area (Å²) in [5.74, 6) is 1.56. The maximum Gasteiger partial charge on any atom is 0.289 e. The van der Waals surface area contributed by atoms with Crippen molar-refractivity contribution in [1.29, 1.82) is 0 Å². The van der Waals surface area contributed by atoms with Crippen molar-refractivity contribution in [2.24, 2.45) is 0 Å². The second kappa shape index (κ2) is 7.71. The second-order valence-corrected chi connectivity index (χ2v) is 6.01. The van der Waals surface area contributed by atoms with Crippen molar-refractivity contribution in [3.05, 3.63) is 89.4 Å². The van der Waals surface area contributed by atoms with Crippen LogP contribution in [0, 0.1) is 6.92 Å². The molecule has 0 aliphatic carbocycles. The van der Waals surface area contributed by atoms with Crippen molar-refractivity contribution in [2.75, 3.05) is 7.05 Å². The smallest absolute Gasteiger partial charge is 0.289 e. The second-order valence-electron chi connectivity index (χ2n) is 6.01. The van der Waals surface area contributed by atoms with Crippen LogP contribution in [0.15, 0.2) is 71.1 Å². The number of carbonyl (C=O) groups is 1. The summed E-state index contributed by atoms with van der Waals surface area (Å²) in [4.78, 5) is 14.1. The van der Waals surface area contributed by atoms with Crippen molar-refractivity contribution < 1.29 is 13.9 Å². The molecule has 0 unspecified atom stereocenters. The predicted molar refractivity (Wildman–Crippen MR) is 96.5 cm³/mol. The Morgan fingerprint density at radius 1 is 1.00 bits per heavy atom. The number of hydrogen-bond donors (Lipinski definition) is 0. The predicted octanol–water partition coefficient (Wildman–Crippen LogP) is 4.44. The van der Waals surface area contributed by atoms with Crippen LogP contribution in [0.2, 0.25) is 0 Å². The molecule has 1 aromatic heterocycles. The third kappa shape index (κ3) is 4.51. The lowest BCUT2D eigenvalue weighted by molar-refractivity contribution is 0.0749. The van der Waals surface area contributed by atoms with Crippen molar-refractivity contribution >= 4 is 5.91 Å². The summed E-state index contributed by atoms with van der Waals surface area (Å²) in [5.41, 5.74) is 2.28. The molecule has 0 saturated heterocycles. The van der Waals surface area contributed by atoms with E-state index in [4.69, 9.17) is 9.15 Å².